The zero-order valence-electron chi connectivity index (χ0n) is 10.2. The average molecular weight is 202 g/mol. The van der Waals surface area contributed by atoms with E-state index in [0.717, 1.165) is 32.5 Å². The van der Waals surface area contributed by atoms with Gasteiger partial charge in [-0.05, 0) is 33.1 Å². The molecule has 0 aromatic carbocycles. The first kappa shape index (κ1) is 13.9. The predicted octanol–water partition coefficient (Wildman–Crippen LogP) is 3.40. The summed E-state index contributed by atoms with van der Waals surface area (Å²) < 4.78 is 11.2. The molecule has 0 spiro atoms. The number of rotatable bonds is 9. The van der Waals surface area contributed by atoms with E-state index in [1.165, 1.54) is 6.42 Å². The van der Waals surface area contributed by atoms with Gasteiger partial charge in [-0.3, -0.25) is 0 Å². The molecule has 0 aliphatic rings. The maximum Gasteiger partial charge on any atom is 0.0568 e. The van der Waals surface area contributed by atoms with E-state index in [2.05, 4.69) is 27.7 Å². The maximum atomic E-state index is 5.65. The molecule has 0 heterocycles. The van der Waals surface area contributed by atoms with Crippen LogP contribution < -0.4 is 0 Å². The van der Waals surface area contributed by atoms with Gasteiger partial charge in [-0.25, -0.2) is 0 Å². The quantitative estimate of drug-likeness (QED) is 0.570. The van der Waals surface area contributed by atoms with Crippen molar-refractivity contribution in [3.8, 4) is 0 Å². The third-order valence-corrected chi connectivity index (χ3v) is 2.23. The highest BCUT2D eigenvalue weighted by atomic mass is 16.5. The van der Waals surface area contributed by atoms with Crippen molar-refractivity contribution in [2.45, 2.75) is 65.6 Å². The van der Waals surface area contributed by atoms with Crippen molar-refractivity contribution in [2.75, 3.05) is 13.2 Å². The SMILES string of the molecule is CCCO[C@@H](C)CCO[C@H](C)CCC. The highest BCUT2D eigenvalue weighted by Crippen LogP contribution is 2.04. The van der Waals surface area contributed by atoms with Crippen LogP contribution in [0.15, 0.2) is 0 Å². The van der Waals surface area contributed by atoms with Gasteiger partial charge in [0, 0.05) is 13.2 Å². The van der Waals surface area contributed by atoms with Gasteiger partial charge in [-0.1, -0.05) is 20.3 Å². The molecule has 0 bridgehead atoms. The first-order chi connectivity index (χ1) is 6.70. The fraction of sp³-hybridized carbons (Fsp3) is 1.00. The van der Waals surface area contributed by atoms with Crippen LogP contribution in [0, 0.1) is 0 Å². The summed E-state index contributed by atoms with van der Waals surface area (Å²) >= 11 is 0. The van der Waals surface area contributed by atoms with Crippen LogP contribution in [0.5, 0.6) is 0 Å². The Balaban J connectivity index is 3.25. The second-order valence-electron chi connectivity index (χ2n) is 3.94. The zero-order valence-corrected chi connectivity index (χ0v) is 10.2. The highest BCUT2D eigenvalue weighted by Gasteiger charge is 2.04. The standard InChI is InChI=1S/C12H26O2/c1-5-7-11(3)14-10-8-12(4)13-9-6-2/h11-12H,5-10H2,1-4H3/t11-,12+/m1/s1. The summed E-state index contributed by atoms with van der Waals surface area (Å²) in [6.07, 6.45) is 5.20. The molecule has 0 fully saturated rings. The minimum Gasteiger partial charge on any atom is -0.378 e. The molecule has 0 aromatic rings. The predicted molar refractivity (Wildman–Crippen MR) is 60.6 cm³/mol. The molecular weight excluding hydrogens is 176 g/mol. The van der Waals surface area contributed by atoms with E-state index in [9.17, 15) is 0 Å². The van der Waals surface area contributed by atoms with Crippen molar-refractivity contribution in [3.05, 3.63) is 0 Å². The highest BCUT2D eigenvalue weighted by molar-refractivity contribution is 4.52. The van der Waals surface area contributed by atoms with Gasteiger partial charge < -0.3 is 9.47 Å². The first-order valence-corrected chi connectivity index (χ1v) is 5.93. The van der Waals surface area contributed by atoms with E-state index >= 15 is 0 Å². The summed E-state index contributed by atoms with van der Waals surface area (Å²) in [6, 6.07) is 0. The minimum absolute atomic E-state index is 0.337. The van der Waals surface area contributed by atoms with Gasteiger partial charge in [0.05, 0.1) is 12.2 Å². The summed E-state index contributed by atoms with van der Waals surface area (Å²) in [7, 11) is 0. The molecule has 2 heteroatoms. The van der Waals surface area contributed by atoms with E-state index in [-0.39, 0.29) is 0 Å². The Morgan fingerprint density at radius 3 is 1.93 bits per heavy atom. The molecule has 14 heavy (non-hydrogen) atoms. The molecular formula is C12H26O2. The van der Waals surface area contributed by atoms with Crippen LogP contribution in [0.3, 0.4) is 0 Å². The molecule has 0 aliphatic carbocycles. The molecule has 86 valence electrons. The number of hydrogen-bond acceptors (Lipinski definition) is 2. The zero-order chi connectivity index (χ0) is 10.8. The summed E-state index contributed by atoms with van der Waals surface area (Å²) in [5.41, 5.74) is 0. The first-order valence-electron chi connectivity index (χ1n) is 5.93. The molecule has 0 amide bonds. The van der Waals surface area contributed by atoms with Crippen molar-refractivity contribution in [2.24, 2.45) is 0 Å². The van der Waals surface area contributed by atoms with E-state index in [1.807, 2.05) is 0 Å². The molecule has 0 saturated heterocycles. The third kappa shape index (κ3) is 8.52. The van der Waals surface area contributed by atoms with Crippen molar-refractivity contribution in [1.29, 1.82) is 0 Å². The van der Waals surface area contributed by atoms with Crippen LogP contribution >= 0.6 is 0 Å². The normalized spacial score (nSPS) is 15.4. The molecule has 2 atom stereocenters. The van der Waals surface area contributed by atoms with Gasteiger partial charge >= 0.3 is 0 Å². The molecule has 0 aromatic heterocycles. The summed E-state index contributed by atoms with van der Waals surface area (Å²) in [4.78, 5) is 0. The summed E-state index contributed by atoms with van der Waals surface area (Å²) in [5, 5.41) is 0. The lowest BCUT2D eigenvalue weighted by atomic mass is 10.2. The Morgan fingerprint density at radius 2 is 1.36 bits per heavy atom. The molecule has 0 rings (SSSR count). The van der Waals surface area contributed by atoms with Gasteiger partial charge in [-0.2, -0.15) is 0 Å². The van der Waals surface area contributed by atoms with E-state index < -0.39 is 0 Å². The smallest absolute Gasteiger partial charge is 0.0568 e. The van der Waals surface area contributed by atoms with Crippen LogP contribution in [0.2, 0.25) is 0 Å². The van der Waals surface area contributed by atoms with Gasteiger partial charge in [0.2, 0.25) is 0 Å². The van der Waals surface area contributed by atoms with Gasteiger partial charge in [0.25, 0.3) is 0 Å². The Hall–Kier alpha value is -0.0800. The van der Waals surface area contributed by atoms with Crippen molar-refractivity contribution in [1.82, 2.24) is 0 Å². The lowest BCUT2D eigenvalue weighted by Gasteiger charge is -2.15. The lowest BCUT2D eigenvalue weighted by molar-refractivity contribution is 0.00876. The molecule has 0 unspecified atom stereocenters. The van der Waals surface area contributed by atoms with E-state index in [4.69, 9.17) is 9.47 Å². The van der Waals surface area contributed by atoms with Gasteiger partial charge in [0.15, 0.2) is 0 Å². The second-order valence-corrected chi connectivity index (χ2v) is 3.94. The largest absolute Gasteiger partial charge is 0.378 e. The van der Waals surface area contributed by atoms with Crippen molar-refractivity contribution < 1.29 is 9.47 Å². The Labute approximate surface area is 89.0 Å². The van der Waals surface area contributed by atoms with Gasteiger partial charge in [-0.15, -0.1) is 0 Å². The van der Waals surface area contributed by atoms with Gasteiger partial charge in [0.1, 0.15) is 0 Å². The van der Waals surface area contributed by atoms with E-state index in [1.54, 1.807) is 0 Å². The lowest BCUT2D eigenvalue weighted by Crippen LogP contribution is -2.15. The molecule has 0 radical (unpaired) electrons. The molecule has 0 saturated carbocycles. The Morgan fingerprint density at radius 1 is 0.786 bits per heavy atom. The Kier molecular flexibility index (Phi) is 9.42. The van der Waals surface area contributed by atoms with Crippen LogP contribution in [-0.4, -0.2) is 25.4 Å². The maximum absolute atomic E-state index is 5.65. The van der Waals surface area contributed by atoms with Crippen molar-refractivity contribution in [3.63, 3.8) is 0 Å². The molecule has 2 nitrogen and oxygen atoms in total. The number of ether oxygens (including phenoxy) is 2. The average Bonchev–Trinajstić information content (AvgIpc) is 2.15. The summed E-state index contributed by atoms with van der Waals surface area (Å²) in [6.45, 7) is 10.3. The topological polar surface area (TPSA) is 18.5 Å². The second kappa shape index (κ2) is 9.47. The van der Waals surface area contributed by atoms with Crippen LogP contribution in [0.1, 0.15) is 53.4 Å². The summed E-state index contributed by atoms with van der Waals surface area (Å²) in [5.74, 6) is 0. The van der Waals surface area contributed by atoms with Crippen LogP contribution in [0.25, 0.3) is 0 Å². The number of hydrogen-bond donors (Lipinski definition) is 0. The fourth-order valence-electron chi connectivity index (χ4n) is 1.33. The third-order valence-electron chi connectivity index (χ3n) is 2.23. The fourth-order valence-corrected chi connectivity index (χ4v) is 1.33. The molecule has 0 N–H and O–H groups in total. The molecule has 0 aliphatic heterocycles. The Bertz CT molecular complexity index is 115. The monoisotopic (exact) mass is 202 g/mol. The van der Waals surface area contributed by atoms with Crippen molar-refractivity contribution >= 4 is 0 Å². The van der Waals surface area contributed by atoms with E-state index in [0.29, 0.717) is 12.2 Å². The van der Waals surface area contributed by atoms with Crippen LogP contribution in [0.4, 0.5) is 0 Å². The van der Waals surface area contributed by atoms with Crippen LogP contribution in [-0.2, 0) is 9.47 Å². The minimum atomic E-state index is 0.337.